The molecule has 1 aromatic heterocycles. The lowest BCUT2D eigenvalue weighted by Gasteiger charge is -2.06. The fourth-order valence-corrected chi connectivity index (χ4v) is 1.79. The molecule has 0 saturated heterocycles. The van der Waals surface area contributed by atoms with Gasteiger partial charge in [0.1, 0.15) is 5.75 Å². The molecule has 0 spiro atoms. The van der Waals surface area contributed by atoms with E-state index in [1.807, 2.05) is 36.0 Å². The van der Waals surface area contributed by atoms with Gasteiger partial charge in [0.05, 0.1) is 19.1 Å². The van der Waals surface area contributed by atoms with E-state index < -0.39 is 0 Å². The number of imidazole rings is 1. The van der Waals surface area contributed by atoms with E-state index in [2.05, 4.69) is 20.9 Å². The third-order valence-electron chi connectivity index (χ3n) is 2.14. The molecule has 78 valence electrons. The molecule has 1 aromatic carbocycles. The van der Waals surface area contributed by atoms with Crippen LogP contribution in [0.2, 0.25) is 0 Å². The Morgan fingerprint density at radius 3 is 2.80 bits per heavy atom. The van der Waals surface area contributed by atoms with E-state index >= 15 is 0 Å². The molecule has 2 rings (SSSR count). The van der Waals surface area contributed by atoms with E-state index in [-0.39, 0.29) is 0 Å². The van der Waals surface area contributed by atoms with Crippen molar-refractivity contribution in [2.24, 2.45) is 7.05 Å². The summed E-state index contributed by atoms with van der Waals surface area (Å²) >= 11 is 3.44. The Balaban J connectivity index is 2.55. The van der Waals surface area contributed by atoms with Crippen LogP contribution < -0.4 is 4.74 Å². The molecular weight excluding hydrogens is 256 g/mol. The third-order valence-corrected chi connectivity index (χ3v) is 2.64. The monoisotopic (exact) mass is 266 g/mol. The first-order chi connectivity index (χ1) is 7.20. The molecule has 0 aliphatic heterocycles. The highest BCUT2D eigenvalue weighted by Crippen LogP contribution is 2.31. The standard InChI is InChI=1S/C11H11BrN2O/c1-14-6-10(13-7-14)9-5-8(12)3-4-11(9)15-2/h3-7H,1-2H3. The van der Waals surface area contributed by atoms with E-state index in [4.69, 9.17) is 4.74 Å². The maximum absolute atomic E-state index is 5.29. The van der Waals surface area contributed by atoms with Gasteiger partial charge in [0.25, 0.3) is 0 Å². The molecule has 0 aliphatic rings. The fourth-order valence-electron chi connectivity index (χ4n) is 1.43. The Labute approximate surface area is 96.8 Å². The number of aryl methyl sites for hydroxylation is 1. The van der Waals surface area contributed by atoms with Gasteiger partial charge in [0.2, 0.25) is 0 Å². The number of hydrogen-bond acceptors (Lipinski definition) is 2. The lowest BCUT2D eigenvalue weighted by molar-refractivity contribution is 0.416. The van der Waals surface area contributed by atoms with Gasteiger partial charge in [-0.25, -0.2) is 4.98 Å². The van der Waals surface area contributed by atoms with Crippen LogP contribution in [-0.4, -0.2) is 16.7 Å². The SMILES string of the molecule is COc1ccc(Br)cc1-c1cn(C)cn1. The number of aromatic nitrogens is 2. The normalized spacial score (nSPS) is 10.3. The minimum atomic E-state index is 0.830. The molecule has 0 amide bonds. The first-order valence-corrected chi connectivity index (χ1v) is 5.32. The highest BCUT2D eigenvalue weighted by molar-refractivity contribution is 9.10. The quantitative estimate of drug-likeness (QED) is 0.836. The zero-order valence-corrected chi connectivity index (χ0v) is 10.2. The average molecular weight is 267 g/mol. The van der Waals surface area contributed by atoms with Gasteiger partial charge in [0, 0.05) is 23.3 Å². The van der Waals surface area contributed by atoms with E-state index in [1.165, 1.54) is 0 Å². The second kappa shape index (κ2) is 4.06. The summed E-state index contributed by atoms with van der Waals surface area (Å²) in [7, 11) is 3.61. The number of nitrogens with zero attached hydrogens (tertiary/aromatic N) is 2. The van der Waals surface area contributed by atoms with E-state index in [0.717, 1.165) is 21.5 Å². The van der Waals surface area contributed by atoms with Gasteiger partial charge >= 0.3 is 0 Å². The van der Waals surface area contributed by atoms with Crippen LogP contribution in [0.4, 0.5) is 0 Å². The maximum Gasteiger partial charge on any atom is 0.128 e. The van der Waals surface area contributed by atoms with Crippen molar-refractivity contribution in [1.82, 2.24) is 9.55 Å². The average Bonchev–Trinajstić information content (AvgIpc) is 2.65. The lowest BCUT2D eigenvalue weighted by Crippen LogP contribution is -1.88. The van der Waals surface area contributed by atoms with Gasteiger partial charge in [-0.05, 0) is 18.2 Å². The molecule has 15 heavy (non-hydrogen) atoms. The van der Waals surface area contributed by atoms with Crippen LogP contribution in [0.3, 0.4) is 0 Å². The zero-order chi connectivity index (χ0) is 10.8. The van der Waals surface area contributed by atoms with Crippen molar-refractivity contribution in [2.75, 3.05) is 7.11 Å². The minimum absolute atomic E-state index is 0.830. The molecule has 4 heteroatoms. The van der Waals surface area contributed by atoms with Gasteiger partial charge in [-0.3, -0.25) is 0 Å². The van der Waals surface area contributed by atoms with Crippen LogP contribution in [-0.2, 0) is 7.05 Å². The number of rotatable bonds is 2. The van der Waals surface area contributed by atoms with Crippen LogP contribution in [0.5, 0.6) is 5.75 Å². The first kappa shape index (κ1) is 10.2. The highest BCUT2D eigenvalue weighted by Gasteiger charge is 2.08. The van der Waals surface area contributed by atoms with Crippen LogP contribution in [0.25, 0.3) is 11.3 Å². The largest absolute Gasteiger partial charge is 0.496 e. The van der Waals surface area contributed by atoms with Crippen molar-refractivity contribution in [1.29, 1.82) is 0 Å². The van der Waals surface area contributed by atoms with Gasteiger partial charge in [-0.15, -0.1) is 0 Å². The van der Waals surface area contributed by atoms with Crippen molar-refractivity contribution < 1.29 is 4.74 Å². The van der Waals surface area contributed by atoms with Gasteiger partial charge in [-0.2, -0.15) is 0 Å². The van der Waals surface area contributed by atoms with Crippen molar-refractivity contribution in [3.8, 4) is 17.0 Å². The molecule has 0 bridgehead atoms. The Bertz CT molecular complexity index is 479. The van der Waals surface area contributed by atoms with Crippen molar-refractivity contribution in [3.05, 3.63) is 35.2 Å². The van der Waals surface area contributed by atoms with Gasteiger partial charge < -0.3 is 9.30 Å². The Morgan fingerprint density at radius 2 is 2.20 bits per heavy atom. The summed E-state index contributed by atoms with van der Waals surface area (Å²) < 4.78 is 8.22. The molecule has 0 fully saturated rings. The minimum Gasteiger partial charge on any atom is -0.496 e. The highest BCUT2D eigenvalue weighted by atomic mass is 79.9. The van der Waals surface area contributed by atoms with E-state index in [1.54, 1.807) is 13.4 Å². The second-order valence-electron chi connectivity index (χ2n) is 3.27. The summed E-state index contributed by atoms with van der Waals surface area (Å²) in [5.74, 6) is 0.830. The lowest BCUT2D eigenvalue weighted by atomic mass is 10.1. The summed E-state index contributed by atoms with van der Waals surface area (Å²) in [6.45, 7) is 0. The topological polar surface area (TPSA) is 27.1 Å². The second-order valence-corrected chi connectivity index (χ2v) is 4.18. The summed E-state index contributed by atoms with van der Waals surface area (Å²) in [5, 5.41) is 0. The Morgan fingerprint density at radius 1 is 1.40 bits per heavy atom. The molecule has 3 nitrogen and oxygen atoms in total. The number of ether oxygens (including phenoxy) is 1. The summed E-state index contributed by atoms with van der Waals surface area (Å²) in [6.07, 6.45) is 3.74. The van der Waals surface area contributed by atoms with Crippen LogP contribution in [0.15, 0.2) is 35.2 Å². The molecule has 0 unspecified atom stereocenters. The van der Waals surface area contributed by atoms with Crippen molar-refractivity contribution in [3.63, 3.8) is 0 Å². The predicted molar refractivity (Wildman–Crippen MR) is 62.9 cm³/mol. The summed E-state index contributed by atoms with van der Waals surface area (Å²) in [6, 6.07) is 5.88. The Kier molecular flexibility index (Phi) is 2.77. The first-order valence-electron chi connectivity index (χ1n) is 4.52. The molecule has 0 atom stereocenters. The maximum atomic E-state index is 5.29. The fraction of sp³-hybridized carbons (Fsp3) is 0.182. The zero-order valence-electron chi connectivity index (χ0n) is 8.57. The van der Waals surface area contributed by atoms with E-state index in [0.29, 0.717) is 0 Å². The van der Waals surface area contributed by atoms with Crippen molar-refractivity contribution >= 4 is 15.9 Å². The number of hydrogen-bond donors (Lipinski definition) is 0. The molecule has 0 N–H and O–H groups in total. The molecule has 0 saturated carbocycles. The van der Waals surface area contributed by atoms with Crippen LogP contribution >= 0.6 is 15.9 Å². The number of halogens is 1. The van der Waals surface area contributed by atoms with E-state index in [9.17, 15) is 0 Å². The van der Waals surface area contributed by atoms with Crippen molar-refractivity contribution in [2.45, 2.75) is 0 Å². The molecule has 0 radical (unpaired) electrons. The summed E-state index contributed by atoms with van der Waals surface area (Å²) in [5.41, 5.74) is 1.91. The Hall–Kier alpha value is -1.29. The smallest absolute Gasteiger partial charge is 0.128 e. The number of methoxy groups -OCH3 is 1. The third kappa shape index (κ3) is 2.04. The van der Waals surface area contributed by atoms with Crippen LogP contribution in [0.1, 0.15) is 0 Å². The summed E-state index contributed by atoms with van der Waals surface area (Å²) in [4.78, 5) is 4.30. The number of benzene rings is 1. The predicted octanol–water partition coefficient (Wildman–Crippen LogP) is 2.86. The molecular formula is C11H11BrN2O. The van der Waals surface area contributed by atoms with Gasteiger partial charge in [0.15, 0.2) is 0 Å². The van der Waals surface area contributed by atoms with Gasteiger partial charge in [-0.1, -0.05) is 15.9 Å². The van der Waals surface area contributed by atoms with Crippen LogP contribution in [0, 0.1) is 0 Å². The molecule has 0 aliphatic carbocycles. The molecule has 2 aromatic rings. The molecule has 1 heterocycles.